The molecule has 2 aromatic carbocycles. The minimum absolute atomic E-state index is 0.359. The Labute approximate surface area is 175 Å². The van der Waals surface area contributed by atoms with Gasteiger partial charge in [-0.15, -0.1) is 10.2 Å². The Morgan fingerprint density at radius 3 is 2.48 bits per heavy atom. The van der Waals surface area contributed by atoms with Crippen LogP contribution in [0.15, 0.2) is 48.5 Å². The van der Waals surface area contributed by atoms with Gasteiger partial charge < -0.3 is 0 Å². The number of tetrazole rings is 1. The molecule has 8 heteroatoms. The second kappa shape index (κ2) is 8.57. The fraction of sp³-hybridized carbons (Fsp3) is 0.286. The highest BCUT2D eigenvalue weighted by atomic mass is 32.1. The van der Waals surface area contributed by atoms with Crippen molar-refractivity contribution in [3.05, 3.63) is 65.7 Å². The van der Waals surface area contributed by atoms with Gasteiger partial charge in [-0.05, 0) is 28.3 Å². The minimum atomic E-state index is 0.359. The van der Waals surface area contributed by atoms with E-state index >= 15 is 0 Å². The molecule has 4 aromatic rings. The van der Waals surface area contributed by atoms with E-state index in [1.165, 1.54) is 5.56 Å². The molecule has 2 aromatic heterocycles. The molecule has 0 aliphatic heterocycles. The van der Waals surface area contributed by atoms with Crippen molar-refractivity contribution in [1.29, 1.82) is 0 Å². The lowest BCUT2D eigenvalue weighted by Crippen LogP contribution is -2.09. The lowest BCUT2D eigenvalue weighted by atomic mass is 9.98. The van der Waals surface area contributed by atoms with Gasteiger partial charge in [-0.3, -0.25) is 0 Å². The zero-order valence-corrected chi connectivity index (χ0v) is 17.3. The van der Waals surface area contributed by atoms with Gasteiger partial charge in [0.2, 0.25) is 5.82 Å². The third kappa shape index (κ3) is 4.07. The number of hydrogen-bond acceptors (Lipinski definition) is 6. The smallest absolute Gasteiger partial charge is 0.205 e. The molecule has 7 nitrogen and oxygen atoms in total. The van der Waals surface area contributed by atoms with Crippen molar-refractivity contribution in [2.75, 3.05) is 0 Å². The predicted molar refractivity (Wildman–Crippen MR) is 116 cm³/mol. The Morgan fingerprint density at radius 1 is 1.07 bits per heavy atom. The number of aromatic amines is 1. The maximum Gasteiger partial charge on any atom is 0.205 e. The molecule has 1 atom stereocenters. The summed E-state index contributed by atoms with van der Waals surface area (Å²) in [6.45, 7) is 5.04. The maximum atomic E-state index is 4.65. The first-order valence-electron chi connectivity index (χ1n) is 9.66. The first-order chi connectivity index (χ1) is 14.2. The molecule has 0 aliphatic carbocycles. The number of hydrogen-bond donors (Lipinski definition) is 2. The van der Waals surface area contributed by atoms with Crippen molar-refractivity contribution in [3.8, 4) is 22.5 Å². The van der Waals surface area contributed by atoms with E-state index in [9.17, 15) is 0 Å². The summed E-state index contributed by atoms with van der Waals surface area (Å²) in [7, 11) is 0. The van der Waals surface area contributed by atoms with Crippen LogP contribution in [0.5, 0.6) is 0 Å². The lowest BCUT2D eigenvalue weighted by molar-refractivity contribution is 0.575. The molecule has 4 rings (SSSR count). The zero-order chi connectivity index (χ0) is 20.2. The third-order valence-electron chi connectivity index (χ3n) is 5.05. The van der Waals surface area contributed by atoms with Gasteiger partial charge in [0.15, 0.2) is 5.82 Å². The van der Waals surface area contributed by atoms with Gasteiger partial charge in [0.1, 0.15) is 5.82 Å². The third-order valence-corrected chi connectivity index (χ3v) is 5.33. The average molecular weight is 406 g/mol. The molecule has 29 heavy (non-hydrogen) atoms. The molecular formula is C21H23N7S. The van der Waals surface area contributed by atoms with Crippen LogP contribution >= 0.6 is 12.6 Å². The average Bonchev–Trinajstić information content (AvgIpc) is 3.44. The maximum absolute atomic E-state index is 4.65. The van der Waals surface area contributed by atoms with Crippen molar-refractivity contribution in [2.24, 2.45) is 0 Å². The lowest BCUT2D eigenvalue weighted by Gasteiger charge is -2.11. The molecule has 0 saturated heterocycles. The molecule has 0 aliphatic rings. The Kier molecular flexibility index (Phi) is 5.71. The summed E-state index contributed by atoms with van der Waals surface area (Å²) in [4.78, 5) is 4.65. The predicted octanol–water partition coefficient (Wildman–Crippen LogP) is 4.12. The van der Waals surface area contributed by atoms with Gasteiger partial charge >= 0.3 is 0 Å². The van der Waals surface area contributed by atoms with Gasteiger partial charge in [-0.25, -0.2) is 9.67 Å². The fourth-order valence-corrected chi connectivity index (χ4v) is 3.44. The minimum Gasteiger partial charge on any atom is -0.245 e. The summed E-state index contributed by atoms with van der Waals surface area (Å²) >= 11 is 4.33. The van der Waals surface area contributed by atoms with Crippen molar-refractivity contribution < 1.29 is 0 Å². The highest BCUT2D eigenvalue weighted by Crippen LogP contribution is 2.30. The fourth-order valence-electron chi connectivity index (χ4n) is 3.30. The van der Waals surface area contributed by atoms with Crippen LogP contribution in [-0.2, 0) is 12.3 Å². The molecule has 0 fully saturated rings. The second-order valence-electron chi connectivity index (χ2n) is 6.99. The number of rotatable bonds is 7. The molecule has 148 valence electrons. The van der Waals surface area contributed by atoms with Gasteiger partial charge in [-0.2, -0.15) is 22.9 Å². The van der Waals surface area contributed by atoms with E-state index < -0.39 is 0 Å². The zero-order valence-electron chi connectivity index (χ0n) is 16.4. The van der Waals surface area contributed by atoms with E-state index in [0.29, 0.717) is 24.0 Å². The normalized spacial score (nSPS) is 12.2. The van der Waals surface area contributed by atoms with E-state index in [-0.39, 0.29) is 0 Å². The van der Waals surface area contributed by atoms with Crippen molar-refractivity contribution in [1.82, 2.24) is 35.4 Å². The Balaban J connectivity index is 1.61. The highest BCUT2D eigenvalue weighted by Gasteiger charge is 2.15. The van der Waals surface area contributed by atoms with Crippen LogP contribution in [0.4, 0.5) is 0 Å². The molecule has 2 heterocycles. The Bertz CT molecular complexity index is 1070. The van der Waals surface area contributed by atoms with E-state index in [1.54, 1.807) is 0 Å². The van der Waals surface area contributed by atoms with Crippen LogP contribution in [-0.4, -0.2) is 35.4 Å². The second-order valence-corrected chi connectivity index (χ2v) is 7.31. The van der Waals surface area contributed by atoms with Gasteiger partial charge in [-0.1, -0.05) is 62.4 Å². The Hall–Kier alpha value is -3.00. The van der Waals surface area contributed by atoms with Crippen LogP contribution in [0.1, 0.15) is 43.4 Å². The molecular weight excluding hydrogens is 382 g/mol. The number of benzene rings is 2. The summed E-state index contributed by atoms with van der Waals surface area (Å²) < 4.78 is 2.00. The summed E-state index contributed by atoms with van der Waals surface area (Å²) in [5.41, 5.74) is 4.29. The molecule has 1 unspecified atom stereocenters. The van der Waals surface area contributed by atoms with Gasteiger partial charge in [0.25, 0.3) is 0 Å². The standard InChI is InChI=1S/C21H23N7S/c1-3-14(2)21-22-19(13-29)25-28(21)12-15-8-10-16(11-9-15)17-6-4-5-7-18(17)20-23-26-27-24-20/h4-11,14,29H,3,12-13H2,1-2H3,(H,23,24,26,27). The first kappa shape index (κ1) is 19.3. The summed E-state index contributed by atoms with van der Waals surface area (Å²) in [5, 5.41) is 19.1. The first-order valence-corrected chi connectivity index (χ1v) is 10.3. The van der Waals surface area contributed by atoms with Crippen LogP contribution in [0.2, 0.25) is 0 Å². The largest absolute Gasteiger partial charge is 0.245 e. The Morgan fingerprint density at radius 2 is 1.83 bits per heavy atom. The van der Waals surface area contributed by atoms with Crippen LogP contribution in [0.3, 0.4) is 0 Å². The molecule has 0 bridgehead atoms. The van der Waals surface area contributed by atoms with E-state index in [1.807, 2.05) is 22.9 Å². The van der Waals surface area contributed by atoms with Crippen LogP contribution in [0, 0.1) is 0 Å². The summed E-state index contributed by atoms with van der Waals surface area (Å²) in [6.07, 6.45) is 1.02. The number of H-pyrrole nitrogens is 1. The van der Waals surface area contributed by atoms with Gasteiger partial charge in [0.05, 0.1) is 12.3 Å². The molecule has 0 radical (unpaired) electrons. The molecule has 1 N–H and O–H groups in total. The number of aromatic nitrogens is 7. The van der Waals surface area contributed by atoms with Crippen molar-refractivity contribution >= 4 is 12.6 Å². The van der Waals surface area contributed by atoms with Crippen molar-refractivity contribution in [2.45, 2.75) is 38.5 Å². The van der Waals surface area contributed by atoms with Crippen LogP contribution < -0.4 is 0 Å². The number of thiol groups is 1. The number of nitrogens with one attached hydrogen (secondary N) is 1. The highest BCUT2D eigenvalue weighted by molar-refractivity contribution is 7.79. The number of nitrogens with zero attached hydrogens (tertiary/aromatic N) is 6. The molecule has 0 saturated carbocycles. The molecule has 0 spiro atoms. The quantitative estimate of drug-likeness (QED) is 0.452. The van der Waals surface area contributed by atoms with Gasteiger partial charge in [0, 0.05) is 11.5 Å². The van der Waals surface area contributed by atoms with Crippen LogP contribution in [0.25, 0.3) is 22.5 Å². The SMILES string of the molecule is CCC(C)c1nc(CS)nn1Cc1ccc(-c2ccccc2-c2nn[nH]n2)cc1. The monoisotopic (exact) mass is 405 g/mol. The van der Waals surface area contributed by atoms with E-state index in [0.717, 1.165) is 34.8 Å². The summed E-state index contributed by atoms with van der Waals surface area (Å²) in [6, 6.07) is 16.6. The van der Waals surface area contributed by atoms with Crippen molar-refractivity contribution in [3.63, 3.8) is 0 Å². The summed E-state index contributed by atoms with van der Waals surface area (Å²) in [5.74, 6) is 3.28. The molecule has 0 amide bonds. The van der Waals surface area contributed by atoms with E-state index in [4.69, 9.17) is 0 Å². The topological polar surface area (TPSA) is 85.2 Å². The van der Waals surface area contributed by atoms with E-state index in [2.05, 4.69) is 87.5 Å².